The molecule has 4 saturated carbocycles. The lowest BCUT2D eigenvalue weighted by molar-refractivity contribution is -0.197. The van der Waals surface area contributed by atoms with Gasteiger partial charge in [-0.1, -0.05) is 15.9 Å². The van der Waals surface area contributed by atoms with Crippen molar-refractivity contribution >= 4 is 43.8 Å². The monoisotopic (exact) mass is 568 g/mol. The van der Waals surface area contributed by atoms with Crippen LogP contribution in [-0.2, 0) is 24.4 Å². The molecule has 3 unspecified atom stereocenters. The lowest BCUT2D eigenvalue weighted by atomic mass is 9.49. The molecule has 0 aromatic heterocycles. The minimum Gasteiger partial charge on any atom is -0.448 e. The van der Waals surface area contributed by atoms with Crippen molar-refractivity contribution in [2.24, 2.45) is 23.2 Å². The van der Waals surface area contributed by atoms with E-state index in [4.69, 9.17) is 9.29 Å². The third-order valence-electron chi connectivity index (χ3n) is 6.77. The van der Waals surface area contributed by atoms with Gasteiger partial charge in [-0.2, -0.15) is 21.6 Å². The molecule has 0 spiro atoms. The van der Waals surface area contributed by atoms with E-state index in [1.54, 1.807) is 0 Å². The van der Waals surface area contributed by atoms with Gasteiger partial charge in [-0.3, -0.25) is 14.1 Å². The number of esters is 2. The number of hydrogen-bond donors (Lipinski definition) is 1. The second-order valence-corrected chi connectivity index (χ2v) is 11.7. The molecule has 1 aromatic rings. The molecular weight excluding hydrogens is 549 g/mol. The SMILES string of the molecule is O=C(OC(CS(=O)(=O)O)C(F)(F)F)c1ccc(Br)cc1OC(=O)C12CC3CC(C1)C(=O)C(C3)C2. The highest BCUT2D eigenvalue weighted by molar-refractivity contribution is 9.10. The highest BCUT2D eigenvalue weighted by Gasteiger charge is 2.59. The molecule has 4 aliphatic rings. The zero-order valence-corrected chi connectivity index (χ0v) is 19.9. The van der Waals surface area contributed by atoms with Crippen molar-refractivity contribution in [2.75, 3.05) is 5.75 Å². The smallest absolute Gasteiger partial charge is 0.426 e. The number of carbonyl (C=O) groups excluding carboxylic acids is 3. The van der Waals surface area contributed by atoms with Crippen LogP contribution in [0.3, 0.4) is 0 Å². The normalized spacial score (nSPS) is 29.1. The molecule has 5 rings (SSSR count). The summed E-state index contributed by atoms with van der Waals surface area (Å²) < 4.78 is 80.5. The zero-order chi connectivity index (χ0) is 25.1. The summed E-state index contributed by atoms with van der Waals surface area (Å²) in [5.41, 5.74) is -1.44. The first-order valence-corrected chi connectivity index (χ1v) is 12.9. The second-order valence-electron chi connectivity index (χ2n) is 9.24. The molecule has 0 radical (unpaired) electrons. The van der Waals surface area contributed by atoms with Crippen molar-refractivity contribution in [2.45, 2.75) is 44.4 Å². The Morgan fingerprint density at radius 1 is 1.18 bits per heavy atom. The molecule has 0 aliphatic heterocycles. The van der Waals surface area contributed by atoms with E-state index in [1.165, 1.54) is 12.1 Å². The largest absolute Gasteiger partial charge is 0.448 e. The predicted octanol–water partition coefficient (Wildman–Crippen LogP) is 3.73. The summed E-state index contributed by atoms with van der Waals surface area (Å²) in [5, 5.41) is 0. The number of carbonyl (C=O) groups is 3. The van der Waals surface area contributed by atoms with Crippen LogP contribution in [0.2, 0.25) is 0 Å². The van der Waals surface area contributed by atoms with Gasteiger partial charge < -0.3 is 9.47 Å². The van der Waals surface area contributed by atoms with Gasteiger partial charge in [0, 0.05) is 16.3 Å². The van der Waals surface area contributed by atoms with E-state index in [2.05, 4.69) is 20.7 Å². The first kappa shape index (κ1) is 25.1. The fourth-order valence-electron chi connectivity index (χ4n) is 5.53. The van der Waals surface area contributed by atoms with Crippen molar-refractivity contribution in [1.82, 2.24) is 0 Å². The third kappa shape index (κ3) is 5.01. The average Bonchev–Trinajstić information content (AvgIpc) is 2.69. The Kier molecular flexibility index (Phi) is 6.35. The van der Waals surface area contributed by atoms with Crippen molar-refractivity contribution in [3.63, 3.8) is 0 Å². The molecule has 4 bridgehead atoms. The summed E-state index contributed by atoms with van der Waals surface area (Å²) in [7, 11) is -5.12. The average molecular weight is 569 g/mol. The number of ether oxygens (including phenoxy) is 2. The first-order chi connectivity index (χ1) is 15.7. The van der Waals surface area contributed by atoms with E-state index in [1.807, 2.05) is 0 Å². The Morgan fingerprint density at radius 2 is 1.79 bits per heavy atom. The molecule has 1 aromatic carbocycles. The van der Waals surface area contributed by atoms with E-state index in [0.717, 1.165) is 18.9 Å². The van der Waals surface area contributed by atoms with Crippen molar-refractivity contribution in [3.05, 3.63) is 28.2 Å². The molecule has 3 atom stereocenters. The molecule has 13 heteroatoms. The Hall–Kier alpha value is -1.99. The quantitative estimate of drug-likeness (QED) is 0.313. The Morgan fingerprint density at radius 3 is 2.35 bits per heavy atom. The number of Topliss-reactive ketones (excluding diaryl/α,β-unsaturated/α-hetero) is 1. The highest BCUT2D eigenvalue weighted by Crippen LogP contribution is 2.59. The summed E-state index contributed by atoms with van der Waals surface area (Å²) in [5.74, 6) is -4.57. The Bertz CT molecular complexity index is 1130. The standard InChI is InChI=1S/C21H20BrF3O8S/c22-13-1-2-14(18(27)33-16(21(23,24)25)9-34(29,30)31)15(5-13)32-19(28)20-6-10-3-11(7-20)17(26)12(4-10)8-20/h1-2,5,10-12,16H,3-4,6-9H2,(H,29,30,31). The molecule has 8 nitrogen and oxygen atoms in total. The third-order valence-corrected chi connectivity index (χ3v) is 7.99. The van der Waals surface area contributed by atoms with E-state index >= 15 is 0 Å². The Labute approximate surface area is 201 Å². The van der Waals surface area contributed by atoms with Gasteiger partial charge in [0.25, 0.3) is 10.1 Å². The fourth-order valence-corrected chi connectivity index (χ4v) is 6.51. The van der Waals surface area contributed by atoms with Crippen LogP contribution in [0.1, 0.15) is 42.5 Å². The maximum absolute atomic E-state index is 13.2. The van der Waals surface area contributed by atoms with E-state index in [-0.39, 0.29) is 29.3 Å². The molecular formula is C21H20BrF3O8S. The first-order valence-electron chi connectivity index (χ1n) is 10.5. The number of rotatable bonds is 6. The summed E-state index contributed by atoms with van der Waals surface area (Å²) >= 11 is 3.15. The van der Waals surface area contributed by atoms with Crippen molar-refractivity contribution < 1.29 is 50.0 Å². The van der Waals surface area contributed by atoms with Gasteiger partial charge in [0.2, 0.25) is 6.10 Å². The van der Waals surface area contributed by atoms with Gasteiger partial charge in [-0.05, 0) is 56.2 Å². The summed E-state index contributed by atoms with van der Waals surface area (Å²) in [6.07, 6.45) is -5.76. The van der Waals surface area contributed by atoms with Gasteiger partial charge in [-0.25, -0.2) is 4.79 Å². The molecule has 4 aliphatic carbocycles. The molecule has 0 saturated heterocycles. The number of halogens is 4. The van der Waals surface area contributed by atoms with Crippen molar-refractivity contribution in [3.8, 4) is 5.75 Å². The summed E-state index contributed by atoms with van der Waals surface area (Å²) in [4.78, 5) is 38.2. The van der Waals surface area contributed by atoms with Gasteiger partial charge >= 0.3 is 18.1 Å². The van der Waals surface area contributed by atoms with Crippen LogP contribution in [-0.4, -0.2) is 48.7 Å². The molecule has 1 N–H and O–H groups in total. The lowest BCUT2D eigenvalue weighted by Crippen LogP contribution is -2.55. The minimum atomic E-state index is -5.27. The maximum Gasteiger partial charge on any atom is 0.426 e. The number of benzene rings is 1. The lowest BCUT2D eigenvalue weighted by Gasteiger charge is -2.53. The Balaban J connectivity index is 1.57. The number of hydrogen-bond acceptors (Lipinski definition) is 7. The van der Waals surface area contributed by atoms with E-state index in [0.29, 0.717) is 23.7 Å². The van der Waals surface area contributed by atoms with Gasteiger partial charge in [-0.15, -0.1) is 0 Å². The summed E-state index contributed by atoms with van der Waals surface area (Å²) in [6, 6.07) is 3.59. The zero-order valence-electron chi connectivity index (χ0n) is 17.5. The minimum absolute atomic E-state index is 0.156. The van der Waals surface area contributed by atoms with Crippen LogP contribution in [0, 0.1) is 23.2 Å². The van der Waals surface area contributed by atoms with Crippen LogP contribution in [0.5, 0.6) is 5.75 Å². The second kappa shape index (κ2) is 8.59. The van der Waals surface area contributed by atoms with Gasteiger partial charge in [0.1, 0.15) is 22.8 Å². The molecule has 0 amide bonds. The molecule has 0 heterocycles. The number of alkyl halides is 3. The van der Waals surface area contributed by atoms with Crippen LogP contribution in [0.4, 0.5) is 13.2 Å². The van der Waals surface area contributed by atoms with Gasteiger partial charge in [0.15, 0.2) is 0 Å². The van der Waals surface area contributed by atoms with Crippen LogP contribution < -0.4 is 4.74 Å². The van der Waals surface area contributed by atoms with E-state index < -0.39 is 51.1 Å². The van der Waals surface area contributed by atoms with Crippen LogP contribution in [0.25, 0.3) is 0 Å². The van der Waals surface area contributed by atoms with Crippen molar-refractivity contribution in [1.29, 1.82) is 0 Å². The van der Waals surface area contributed by atoms with Gasteiger partial charge in [0.05, 0.1) is 5.41 Å². The molecule has 186 valence electrons. The highest BCUT2D eigenvalue weighted by atomic mass is 79.9. The molecule has 4 fully saturated rings. The summed E-state index contributed by atoms with van der Waals surface area (Å²) in [6.45, 7) is 0. The predicted molar refractivity (Wildman–Crippen MR) is 112 cm³/mol. The molecule has 34 heavy (non-hydrogen) atoms. The number of ketones is 1. The topological polar surface area (TPSA) is 124 Å². The maximum atomic E-state index is 13.2. The van der Waals surface area contributed by atoms with Crippen LogP contribution >= 0.6 is 15.9 Å². The van der Waals surface area contributed by atoms with Crippen LogP contribution in [0.15, 0.2) is 22.7 Å². The van der Waals surface area contributed by atoms with E-state index in [9.17, 15) is 36.0 Å². The fraction of sp³-hybridized carbons (Fsp3) is 0.571.